The molecule has 33 heavy (non-hydrogen) atoms. The van der Waals surface area contributed by atoms with E-state index in [9.17, 15) is 0 Å². The lowest BCUT2D eigenvalue weighted by Gasteiger charge is -2.33. The molecule has 0 aliphatic heterocycles. The van der Waals surface area contributed by atoms with E-state index in [0.717, 1.165) is 0 Å². The highest BCUT2D eigenvalue weighted by Gasteiger charge is 2.27. The molecule has 0 heterocycles. The Balaban J connectivity index is 1.43. The van der Waals surface area contributed by atoms with E-state index in [1.54, 1.807) is 5.57 Å². The molecule has 4 aromatic carbocycles. The highest BCUT2D eigenvalue weighted by atomic mass is 15.1. The van der Waals surface area contributed by atoms with Crippen molar-refractivity contribution in [3.05, 3.63) is 108 Å². The van der Waals surface area contributed by atoms with Crippen LogP contribution in [0.25, 0.3) is 28.3 Å². The smallest absolute Gasteiger partial charge is 0.0546 e. The molecule has 0 radical (unpaired) electrons. The van der Waals surface area contributed by atoms with E-state index in [1.165, 1.54) is 82.5 Å². The van der Waals surface area contributed by atoms with Gasteiger partial charge in [0.15, 0.2) is 0 Å². The molecule has 0 amide bonds. The molecule has 0 aromatic heterocycles. The minimum Gasteiger partial charge on any atom is -0.310 e. The second-order valence-corrected chi connectivity index (χ2v) is 9.37. The van der Waals surface area contributed by atoms with E-state index in [2.05, 4.69) is 109 Å². The zero-order valence-electron chi connectivity index (χ0n) is 19.2. The Morgan fingerprint density at radius 1 is 0.606 bits per heavy atom. The number of aryl methyl sites for hydroxylation is 1. The molecule has 1 saturated carbocycles. The second kappa shape index (κ2) is 8.41. The third-order valence-corrected chi connectivity index (χ3v) is 7.08. The molecule has 2 aliphatic carbocycles. The van der Waals surface area contributed by atoms with Crippen molar-refractivity contribution >= 4 is 23.1 Å². The maximum absolute atomic E-state index is 2.41. The highest BCUT2D eigenvalue weighted by Crippen LogP contribution is 2.53. The van der Waals surface area contributed by atoms with Crippen LogP contribution in [-0.2, 0) is 0 Å². The predicted molar refractivity (Wildman–Crippen MR) is 141 cm³/mol. The van der Waals surface area contributed by atoms with Crippen LogP contribution in [0.4, 0.5) is 17.1 Å². The summed E-state index contributed by atoms with van der Waals surface area (Å²) >= 11 is 0. The quantitative estimate of drug-likeness (QED) is 0.276. The van der Waals surface area contributed by atoms with Crippen molar-refractivity contribution in [3.63, 3.8) is 0 Å². The minimum atomic E-state index is 1.19. The van der Waals surface area contributed by atoms with Crippen molar-refractivity contribution in [1.82, 2.24) is 0 Å². The molecule has 0 atom stereocenters. The molecule has 4 aromatic rings. The van der Waals surface area contributed by atoms with Crippen LogP contribution in [0.1, 0.15) is 43.2 Å². The molecule has 2 aliphatic rings. The fraction of sp³-hybridized carbons (Fsp3) is 0.188. The van der Waals surface area contributed by atoms with Gasteiger partial charge in [0.1, 0.15) is 0 Å². The molecule has 0 spiro atoms. The Bertz CT molecular complexity index is 1320. The summed E-state index contributed by atoms with van der Waals surface area (Å²) in [5, 5.41) is 0. The number of nitrogens with zero attached hydrogens (tertiary/aromatic N) is 1. The van der Waals surface area contributed by atoms with Crippen molar-refractivity contribution in [2.45, 2.75) is 39.0 Å². The second-order valence-electron chi connectivity index (χ2n) is 9.37. The molecule has 0 N–H and O–H groups in total. The Kier molecular flexibility index (Phi) is 5.11. The Hall–Kier alpha value is -3.58. The number of allylic oxidation sites excluding steroid dienone is 1. The van der Waals surface area contributed by atoms with Gasteiger partial charge < -0.3 is 4.90 Å². The topological polar surface area (TPSA) is 3.24 Å². The number of hydrogen-bond acceptors (Lipinski definition) is 1. The summed E-state index contributed by atoms with van der Waals surface area (Å²) in [5.41, 5.74) is 13.2. The molecular weight excluding hydrogens is 398 g/mol. The summed E-state index contributed by atoms with van der Waals surface area (Å²) in [6.07, 6.45) is 8.98. The molecule has 1 nitrogen and oxygen atoms in total. The molecule has 6 rings (SSSR count). The number of rotatable bonds is 4. The van der Waals surface area contributed by atoms with Gasteiger partial charge in [-0.3, -0.25) is 0 Å². The van der Waals surface area contributed by atoms with Crippen molar-refractivity contribution in [2.75, 3.05) is 4.90 Å². The highest BCUT2D eigenvalue weighted by molar-refractivity contribution is 6.09. The fourth-order valence-electron chi connectivity index (χ4n) is 5.33. The van der Waals surface area contributed by atoms with E-state index in [-0.39, 0.29) is 0 Å². The third kappa shape index (κ3) is 3.68. The molecule has 162 valence electrons. The van der Waals surface area contributed by atoms with Crippen molar-refractivity contribution in [1.29, 1.82) is 0 Å². The van der Waals surface area contributed by atoms with Crippen LogP contribution in [-0.4, -0.2) is 0 Å². The SMILES string of the molecule is Cc1ccc(N(c2ccc(C=C3CCCCC3)cc2)c2cccc3c2-c2ccccc2-3)cc1. The van der Waals surface area contributed by atoms with Gasteiger partial charge in [0.25, 0.3) is 0 Å². The van der Waals surface area contributed by atoms with Crippen LogP contribution in [0.5, 0.6) is 0 Å². The number of anilines is 3. The van der Waals surface area contributed by atoms with Gasteiger partial charge in [-0.05, 0) is 85.2 Å². The van der Waals surface area contributed by atoms with Gasteiger partial charge in [0.2, 0.25) is 0 Å². The lowest BCUT2D eigenvalue weighted by atomic mass is 9.79. The van der Waals surface area contributed by atoms with Crippen LogP contribution in [0.2, 0.25) is 0 Å². The number of hydrogen-bond donors (Lipinski definition) is 0. The van der Waals surface area contributed by atoms with E-state index in [1.807, 2.05) is 0 Å². The molecule has 0 saturated heterocycles. The van der Waals surface area contributed by atoms with Gasteiger partial charge in [-0.1, -0.05) is 84.3 Å². The zero-order valence-corrected chi connectivity index (χ0v) is 19.2. The van der Waals surface area contributed by atoms with Gasteiger partial charge in [-0.25, -0.2) is 0 Å². The lowest BCUT2D eigenvalue weighted by Crippen LogP contribution is -2.14. The Labute approximate surface area is 197 Å². The predicted octanol–water partition coefficient (Wildman–Crippen LogP) is 9.46. The molecule has 1 heteroatoms. The van der Waals surface area contributed by atoms with Crippen LogP contribution >= 0.6 is 0 Å². The van der Waals surface area contributed by atoms with Crippen molar-refractivity contribution in [3.8, 4) is 22.3 Å². The van der Waals surface area contributed by atoms with E-state index in [0.29, 0.717) is 0 Å². The summed E-state index contributed by atoms with van der Waals surface area (Å²) in [5.74, 6) is 0. The summed E-state index contributed by atoms with van der Waals surface area (Å²) in [6, 6.07) is 33.4. The first-order valence-electron chi connectivity index (χ1n) is 12.2. The van der Waals surface area contributed by atoms with E-state index < -0.39 is 0 Å². The molecule has 1 fully saturated rings. The molecule has 0 bridgehead atoms. The van der Waals surface area contributed by atoms with Crippen LogP contribution < -0.4 is 4.90 Å². The van der Waals surface area contributed by atoms with Gasteiger partial charge in [0, 0.05) is 16.9 Å². The minimum absolute atomic E-state index is 1.19. The Morgan fingerprint density at radius 2 is 1.24 bits per heavy atom. The van der Waals surface area contributed by atoms with Crippen LogP contribution in [0.3, 0.4) is 0 Å². The largest absolute Gasteiger partial charge is 0.310 e. The van der Waals surface area contributed by atoms with E-state index in [4.69, 9.17) is 0 Å². The number of fused-ring (bicyclic) bond motifs is 4. The average Bonchev–Trinajstić information content (AvgIpc) is 2.85. The molecule has 0 unspecified atom stereocenters. The summed E-state index contributed by atoms with van der Waals surface area (Å²) < 4.78 is 0. The van der Waals surface area contributed by atoms with Crippen LogP contribution in [0, 0.1) is 6.92 Å². The first kappa shape index (κ1) is 20.1. The first-order chi connectivity index (χ1) is 16.3. The first-order valence-corrected chi connectivity index (χ1v) is 12.2. The lowest BCUT2D eigenvalue weighted by molar-refractivity contribution is 0.602. The van der Waals surface area contributed by atoms with Crippen LogP contribution in [0.15, 0.2) is 96.6 Å². The maximum atomic E-state index is 2.41. The van der Waals surface area contributed by atoms with E-state index >= 15 is 0 Å². The maximum Gasteiger partial charge on any atom is 0.0546 e. The molecular formula is C32H29N. The standard InChI is InChI=1S/C32H29N/c1-23-14-18-26(19-15-23)33(27-20-16-25(17-21-27)22-24-8-3-2-4-9-24)31-13-7-12-30-28-10-5-6-11-29(28)32(30)31/h5-7,10-22H,2-4,8-9H2,1H3. The average molecular weight is 428 g/mol. The van der Waals surface area contributed by atoms with Gasteiger partial charge in [-0.15, -0.1) is 0 Å². The van der Waals surface area contributed by atoms with Crippen molar-refractivity contribution < 1.29 is 0 Å². The van der Waals surface area contributed by atoms with Crippen molar-refractivity contribution in [2.24, 2.45) is 0 Å². The number of benzene rings is 4. The Morgan fingerprint density at radius 3 is 1.97 bits per heavy atom. The van der Waals surface area contributed by atoms with Gasteiger partial charge in [0.05, 0.1) is 5.69 Å². The normalized spacial score (nSPS) is 14.2. The summed E-state index contributed by atoms with van der Waals surface area (Å²) in [4.78, 5) is 2.41. The zero-order chi connectivity index (χ0) is 22.2. The summed E-state index contributed by atoms with van der Waals surface area (Å²) in [7, 11) is 0. The van der Waals surface area contributed by atoms with Gasteiger partial charge in [-0.2, -0.15) is 0 Å². The van der Waals surface area contributed by atoms with Gasteiger partial charge >= 0.3 is 0 Å². The summed E-state index contributed by atoms with van der Waals surface area (Å²) in [6.45, 7) is 2.15. The monoisotopic (exact) mass is 427 g/mol. The third-order valence-electron chi connectivity index (χ3n) is 7.08. The fourth-order valence-corrected chi connectivity index (χ4v) is 5.33.